The summed E-state index contributed by atoms with van der Waals surface area (Å²) in [5.41, 5.74) is 1.73. The predicted molar refractivity (Wildman–Crippen MR) is 97.5 cm³/mol. The molecule has 0 unspecified atom stereocenters. The van der Waals surface area contributed by atoms with Gasteiger partial charge >= 0.3 is 0 Å². The number of rotatable bonds is 3. The average molecular weight is 365 g/mol. The number of benzene rings is 2. The molecule has 2 aromatic rings. The normalized spacial score (nSPS) is 14.0. The third-order valence-electron chi connectivity index (χ3n) is 3.42. The number of hydrogen-bond acceptors (Lipinski definition) is 3. The maximum atomic E-state index is 12.6. The maximum Gasteiger partial charge on any atom is 0.259 e. The first-order valence-electron chi connectivity index (χ1n) is 7.13. The van der Waals surface area contributed by atoms with Crippen LogP contribution >= 0.6 is 35.0 Å². The standard InChI is InChI=1S/C17H14Cl2N2OS/c18-14-7-6-12(10-15(14)19)11-23-17-20-8-9-21(17)16(22)13-4-2-1-3-5-13/h1-7,10H,8-9,11H2. The highest BCUT2D eigenvalue weighted by atomic mass is 35.5. The van der Waals surface area contributed by atoms with E-state index in [1.807, 2.05) is 42.5 Å². The number of carbonyl (C=O) groups is 1. The first-order chi connectivity index (χ1) is 11.1. The van der Waals surface area contributed by atoms with Crippen LogP contribution in [0, 0.1) is 0 Å². The Morgan fingerprint density at radius 2 is 1.91 bits per heavy atom. The fraction of sp³-hybridized carbons (Fsp3) is 0.176. The Hall–Kier alpha value is -1.49. The van der Waals surface area contributed by atoms with Crippen LogP contribution in [0.4, 0.5) is 0 Å². The zero-order valence-electron chi connectivity index (χ0n) is 12.2. The Morgan fingerprint density at radius 1 is 1.13 bits per heavy atom. The summed E-state index contributed by atoms with van der Waals surface area (Å²) in [6.07, 6.45) is 0. The van der Waals surface area contributed by atoms with Crippen molar-refractivity contribution in [2.24, 2.45) is 4.99 Å². The number of aliphatic imine (C=N–C) groups is 1. The van der Waals surface area contributed by atoms with E-state index in [9.17, 15) is 4.79 Å². The van der Waals surface area contributed by atoms with Crippen molar-refractivity contribution >= 4 is 46.0 Å². The van der Waals surface area contributed by atoms with Crippen LogP contribution in [-0.2, 0) is 5.75 Å². The molecule has 0 bridgehead atoms. The van der Waals surface area contributed by atoms with Crippen LogP contribution in [0.2, 0.25) is 10.0 Å². The highest BCUT2D eigenvalue weighted by molar-refractivity contribution is 8.13. The lowest BCUT2D eigenvalue weighted by atomic mass is 10.2. The van der Waals surface area contributed by atoms with Crippen molar-refractivity contribution in [2.75, 3.05) is 13.1 Å². The second-order valence-electron chi connectivity index (χ2n) is 5.02. The van der Waals surface area contributed by atoms with Gasteiger partial charge in [-0.2, -0.15) is 0 Å². The molecule has 1 aliphatic rings. The van der Waals surface area contributed by atoms with E-state index < -0.39 is 0 Å². The van der Waals surface area contributed by atoms with Gasteiger partial charge in [-0.1, -0.05) is 59.2 Å². The second-order valence-corrected chi connectivity index (χ2v) is 6.78. The van der Waals surface area contributed by atoms with Gasteiger partial charge in [-0.05, 0) is 29.8 Å². The molecule has 3 rings (SSSR count). The van der Waals surface area contributed by atoms with Crippen LogP contribution in [0.25, 0.3) is 0 Å². The topological polar surface area (TPSA) is 32.7 Å². The van der Waals surface area contributed by atoms with Crippen molar-refractivity contribution in [3.63, 3.8) is 0 Å². The Bertz CT molecular complexity index is 750. The molecule has 1 aliphatic heterocycles. The van der Waals surface area contributed by atoms with Gasteiger partial charge in [0.25, 0.3) is 5.91 Å². The van der Waals surface area contributed by atoms with E-state index in [1.54, 1.807) is 11.0 Å². The number of carbonyl (C=O) groups excluding carboxylic acids is 1. The summed E-state index contributed by atoms with van der Waals surface area (Å²) in [5.74, 6) is 0.678. The van der Waals surface area contributed by atoms with E-state index in [-0.39, 0.29) is 5.91 Å². The van der Waals surface area contributed by atoms with Gasteiger partial charge < -0.3 is 0 Å². The molecule has 6 heteroatoms. The predicted octanol–water partition coefficient (Wildman–Crippen LogP) is 4.74. The van der Waals surface area contributed by atoms with Gasteiger partial charge in [0.1, 0.15) is 0 Å². The van der Waals surface area contributed by atoms with Crippen molar-refractivity contribution in [3.05, 3.63) is 69.7 Å². The summed E-state index contributed by atoms with van der Waals surface area (Å²) in [5, 5.41) is 1.83. The quantitative estimate of drug-likeness (QED) is 0.787. The van der Waals surface area contributed by atoms with E-state index >= 15 is 0 Å². The monoisotopic (exact) mass is 364 g/mol. The van der Waals surface area contributed by atoms with Gasteiger partial charge in [0, 0.05) is 17.9 Å². The second kappa shape index (κ2) is 7.39. The molecular formula is C17H14Cl2N2OS. The molecule has 0 saturated carbocycles. The Labute approximate surface area is 149 Å². The van der Waals surface area contributed by atoms with Crippen molar-refractivity contribution < 1.29 is 4.79 Å². The van der Waals surface area contributed by atoms with E-state index in [0.717, 1.165) is 10.7 Å². The molecule has 0 spiro atoms. The summed E-state index contributed by atoms with van der Waals surface area (Å²) in [7, 11) is 0. The van der Waals surface area contributed by atoms with Crippen molar-refractivity contribution in [3.8, 4) is 0 Å². The van der Waals surface area contributed by atoms with Crippen LogP contribution in [0.15, 0.2) is 53.5 Å². The first-order valence-corrected chi connectivity index (χ1v) is 8.87. The van der Waals surface area contributed by atoms with Crippen LogP contribution in [0.3, 0.4) is 0 Å². The minimum Gasteiger partial charge on any atom is -0.286 e. The summed E-state index contributed by atoms with van der Waals surface area (Å²) in [6.45, 7) is 1.26. The highest BCUT2D eigenvalue weighted by Gasteiger charge is 2.24. The SMILES string of the molecule is O=C(c1ccccc1)N1CCN=C1SCc1ccc(Cl)c(Cl)c1. The molecule has 1 amide bonds. The number of amides is 1. The minimum absolute atomic E-state index is 0.0107. The number of amidine groups is 1. The largest absolute Gasteiger partial charge is 0.286 e. The zero-order chi connectivity index (χ0) is 16.2. The fourth-order valence-corrected chi connectivity index (χ4v) is 3.56. The van der Waals surface area contributed by atoms with E-state index in [2.05, 4.69) is 4.99 Å². The zero-order valence-corrected chi connectivity index (χ0v) is 14.5. The molecule has 0 aromatic heterocycles. The van der Waals surface area contributed by atoms with Crippen LogP contribution in [-0.4, -0.2) is 29.1 Å². The van der Waals surface area contributed by atoms with Gasteiger partial charge in [-0.3, -0.25) is 14.7 Å². The number of thioether (sulfide) groups is 1. The Kier molecular flexibility index (Phi) is 5.26. The molecule has 1 heterocycles. The lowest BCUT2D eigenvalue weighted by molar-refractivity contribution is 0.0860. The molecule has 118 valence electrons. The molecule has 23 heavy (non-hydrogen) atoms. The minimum atomic E-state index is -0.0107. The van der Waals surface area contributed by atoms with Gasteiger partial charge in [0.2, 0.25) is 0 Å². The Balaban J connectivity index is 1.67. The third kappa shape index (κ3) is 3.89. The van der Waals surface area contributed by atoms with Crippen LogP contribution in [0.1, 0.15) is 15.9 Å². The molecule has 0 aliphatic carbocycles. The van der Waals surface area contributed by atoms with Crippen LogP contribution < -0.4 is 0 Å². The molecule has 0 atom stereocenters. The average Bonchev–Trinajstić information content (AvgIpc) is 3.04. The third-order valence-corrected chi connectivity index (χ3v) is 5.24. The van der Waals surface area contributed by atoms with E-state index in [0.29, 0.717) is 34.5 Å². The fourth-order valence-electron chi connectivity index (χ4n) is 2.25. The van der Waals surface area contributed by atoms with Crippen molar-refractivity contribution in [1.82, 2.24) is 4.90 Å². The highest BCUT2D eigenvalue weighted by Crippen LogP contribution is 2.26. The van der Waals surface area contributed by atoms with Gasteiger partial charge in [-0.15, -0.1) is 0 Å². The molecular weight excluding hydrogens is 351 g/mol. The van der Waals surface area contributed by atoms with E-state index in [1.165, 1.54) is 11.8 Å². The van der Waals surface area contributed by atoms with Crippen molar-refractivity contribution in [1.29, 1.82) is 0 Å². The summed E-state index contributed by atoms with van der Waals surface area (Å²) in [4.78, 5) is 18.7. The lowest BCUT2D eigenvalue weighted by Crippen LogP contribution is -2.32. The number of hydrogen-bond donors (Lipinski definition) is 0. The molecule has 3 nitrogen and oxygen atoms in total. The molecule has 0 radical (unpaired) electrons. The smallest absolute Gasteiger partial charge is 0.259 e. The van der Waals surface area contributed by atoms with E-state index in [4.69, 9.17) is 23.2 Å². The molecule has 2 aromatic carbocycles. The Morgan fingerprint density at radius 3 is 2.65 bits per heavy atom. The van der Waals surface area contributed by atoms with Gasteiger partial charge in [-0.25, -0.2) is 0 Å². The number of halogens is 2. The molecule has 0 saturated heterocycles. The summed E-state index contributed by atoms with van der Waals surface area (Å²) in [6, 6.07) is 14.8. The lowest BCUT2D eigenvalue weighted by Gasteiger charge is -2.18. The van der Waals surface area contributed by atoms with Gasteiger partial charge in [0.15, 0.2) is 5.17 Å². The van der Waals surface area contributed by atoms with Gasteiger partial charge in [0.05, 0.1) is 16.6 Å². The summed E-state index contributed by atoms with van der Waals surface area (Å²) < 4.78 is 0. The first kappa shape index (κ1) is 16.4. The van der Waals surface area contributed by atoms with Crippen LogP contribution in [0.5, 0.6) is 0 Å². The number of nitrogens with zero attached hydrogens (tertiary/aromatic N) is 2. The maximum absolute atomic E-state index is 12.6. The molecule has 0 N–H and O–H groups in total. The van der Waals surface area contributed by atoms with Crippen molar-refractivity contribution in [2.45, 2.75) is 5.75 Å². The summed E-state index contributed by atoms with van der Waals surface area (Å²) >= 11 is 13.5. The molecule has 0 fully saturated rings.